The Morgan fingerprint density at radius 2 is 1.47 bits per heavy atom. The maximum atomic E-state index is 13.4. The van der Waals surface area contributed by atoms with Gasteiger partial charge in [0.05, 0.1) is 13.2 Å². The van der Waals surface area contributed by atoms with Crippen LogP contribution in [0.2, 0.25) is 0 Å². The van der Waals surface area contributed by atoms with Gasteiger partial charge in [-0.05, 0) is 43.2 Å². The summed E-state index contributed by atoms with van der Waals surface area (Å²) in [6, 6.07) is 15.2. The fourth-order valence-electron chi connectivity index (χ4n) is 4.21. The number of halogens is 3. The highest BCUT2D eigenvalue weighted by Gasteiger charge is 2.38. The number of alkyl halides is 3. The zero-order chi connectivity index (χ0) is 39.8. The molecule has 3 amide bonds. The van der Waals surface area contributed by atoms with Crippen molar-refractivity contribution < 1.29 is 56.8 Å². The summed E-state index contributed by atoms with van der Waals surface area (Å²) in [4.78, 5) is 73.8. The number of methoxy groups -OCH3 is 1. The zero-order valence-corrected chi connectivity index (χ0v) is 28.7. The number of rotatable bonds is 19. The average Bonchev–Trinajstić information content (AvgIpc) is 3.11. The minimum absolute atomic E-state index is 0.0901. The van der Waals surface area contributed by atoms with Gasteiger partial charge in [0.15, 0.2) is 5.03 Å². The fourth-order valence-corrected chi connectivity index (χ4v) is 4.21. The molecule has 0 aliphatic carbocycles. The standard InChI is InChI=1S/C30H42N8O8.C2HF3O2/c1-45-28(41)24(16-8-9-17-34-30(42)46-20-22-13-6-3-7-14-22)35-27(40)25(19-21-11-4-2-5-12-21)36-26(39)23(31)15-10-18-33-29(32)37-38(43)44;3-2(4,5)1(6)7/h2-7,11-14,23-25H,8-10,15-20,31H2,1H3,(H,34,42)(H,35,40)(H,36,39)(H3,32,33,37);(H,6,7)/t23-,24+,25+;/m1./s1. The number of aliphatic carboxylic acids is 1. The molecule has 0 aromatic heterocycles. The van der Waals surface area contributed by atoms with Crippen molar-refractivity contribution in [3.8, 4) is 0 Å². The van der Waals surface area contributed by atoms with E-state index in [9.17, 15) is 42.5 Å². The van der Waals surface area contributed by atoms with E-state index in [1.165, 1.54) is 7.11 Å². The van der Waals surface area contributed by atoms with Crippen LogP contribution in [0.25, 0.3) is 0 Å². The van der Waals surface area contributed by atoms with Gasteiger partial charge in [-0.15, -0.1) is 0 Å². The second-order valence-corrected chi connectivity index (χ2v) is 11.0. The molecular weight excluding hydrogens is 713 g/mol. The number of alkyl carbamates (subject to hydrolysis) is 1. The molecule has 21 heteroatoms. The van der Waals surface area contributed by atoms with Crippen LogP contribution < -0.4 is 32.8 Å². The molecule has 2 rings (SSSR count). The minimum atomic E-state index is -5.08. The molecule has 0 heterocycles. The quantitative estimate of drug-likeness (QED) is 0.0266. The van der Waals surface area contributed by atoms with Gasteiger partial charge in [-0.1, -0.05) is 66.1 Å². The van der Waals surface area contributed by atoms with Crippen molar-refractivity contribution in [2.75, 3.05) is 20.2 Å². The number of nitrogens with zero attached hydrogens (tertiary/aromatic N) is 2. The van der Waals surface area contributed by atoms with E-state index in [1.807, 2.05) is 36.4 Å². The molecule has 0 radical (unpaired) electrons. The molecule has 292 valence electrons. The van der Waals surface area contributed by atoms with E-state index in [-0.39, 0.29) is 38.4 Å². The molecule has 0 saturated carbocycles. The highest BCUT2D eigenvalue weighted by Crippen LogP contribution is 2.13. The molecule has 0 saturated heterocycles. The molecule has 0 unspecified atom stereocenters. The highest BCUT2D eigenvalue weighted by atomic mass is 19.4. The van der Waals surface area contributed by atoms with Crippen molar-refractivity contribution in [2.24, 2.45) is 16.5 Å². The summed E-state index contributed by atoms with van der Waals surface area (Å²) >= 11 is 0. The number of hydrazine groups is 1. The molecule has 2 aromatic rings. The summed E-state index contributed by atoms with van der Waals surface area (Å²) in [5, 5.41) is 24.7. The summed E-state index contributed by atoms with van der Waals surface area (Å²) < 4.78 is 41.8. The monoisotopic (exact) mass is 756 g/mol. The fraction of sp³-hybridized carbons (Fsp3) is 0.438. The maximum Gasteiger partial charge on any atom is 0.490 e. The Kier molecular flexibility index (Phi) is 20.6. The molecular formula is C32H43F3N8O10. The predicted molar refractivity (Wildman–Crippen MR) is 182 cm³/mol. The van der Waals surface area contributed by atoms with E-state index in [1.54, 1.807) is 29.7 Å². The minimum Gasteiger partial charge on any atom is -0.475 e. The number of carbonyl (C=O) groups is 5. The molecule has 3 atom stereocenters. The number of guanidine groups is 1. The maximum absolute atomic E-state index is 13.4. The summed E-state index contributed by atoms with van der Waals surface area (Å²) in [6.45, 7) is 0.527. The number of esters is 1. The molecule has 0 spiro atoms. The van der Waals surface area contributed by atoms with E-state index < -0.39 is 59.2 Å². The number of nitrogens with two attached hydrogens (primary N) is 2. The third-order valence-corrected chi connectivity index (χ3v) is 6.86. The summed E-state index contributed by atoms with van der Waals surface area (Å²) in [6.07, 6.45) is -3.87. The SMILES string of the molecule is COC(=O)[C@H](CCCCNC(=O)OCc1ccccc1)NC(=O)[C@H](Cc1ccccc1)NC(=O)[C@H](N)CCCN=C(N)N[N+](=O)[O-].O=C(O)C(F)(F)F. The van der Waals surface area contributed by atoms with Crippen molar-refractivity contribution in [1.82, 2.24) is 21.4 Å². The lowest BCUT2D eigenvalue weighted by Crippen LogP contribution is -2.55. The van der Waals surface area contributed by atoms with Gasteiger partial charge in [-0.25, -0.2) is 29.5 Å². The highest BCUT2D eigenvalue weighted by molar-refractivity contribution is 5.92. The summed E-state index contributed by atoms with van der Waals surface area (Å²) in [5.74, 6) is -4.99. The molecule has 0 fully saturated rings. The van der Waals surface area contributed by atoms with E-state index >= 15 is 0 Å². The Hall–Kier alpha value is -5.99. The number of carbonyl (C=O) groups excluding carboxylic acids is 4. The van der Waals surface area contributed by atoms with E-state index in [4.69, 9.17) is 30.8 Å². The molecule has 2 aromatic carbocycles. The topological polar surface area (TPSA) is 280 Å². The number of unbranched alkanes of at least 4 members (excludes halogenated alkanes) is 1. The Labute approximate surface area is 302 Å². The first kappa shape index (κ1) is 45.0. The van der Waals surface area contributed by atoms with Crippen molar-refractivity contribution in [1.29, 1.82) is 0 Å². The molecule has 9 N–H and O–H groups in total. The number of benzene rings is 2. The van der Waals surface area contributed by atoms with Gasteiger partial charge in [0, 0.05) is 19.5 Å². The largest absolute Gasteiger partial charge is 0.490 e. The number of hydrogen-bond donors (Lipinski definition) is 7. The number of ether oxygens (including phenoxy) is 2. The molecule has 18 nitrogen and oxygen atoms in total. The molecule has 53 heavy (non-hydrogen) atoms. The van der Waals surface area contributed by atoms with Crippen LogP contribution in [-0.2, 0) is 41.7 Å². The van der Waals surface area contributed by atoms with Gasteiger partial charge in [-0.2, -0.15) is 13.2 Å². The Morgan fingerprint density at radius 1 is 0.906 bits per heavy atom. The van der Waals surface area contributed by atoms with Crippen molar-refractivity contribution in [2.45, 2.75) is 69.4 Å². The van der Waals surface area contributed by atoms with E-state index in [2.05, 4.69) is 20.9 Å². The van der Waals surface area contributed by atoms with E-state index in [0.717, 1.165) is 11.1 Å². The smallest absolute Gasteiger partial charge is 0.475 e. The lowest BCUT2D eigenvalue weighted by molar-refractivity contribution is -0.525. The van der Waals surface area contributed by atoms with Gasteiger partial charge in [0.25, 0.3) is 5.96 Å². The predicted octanol–water partition coefficient (Wildman–Crippen LogP) is 1.31. The van der Waals surface area contributed by atoms with Gasteiger partial charge < -0.3 is 42.0 Å². The number of aliphatic imine (C=N–C) groups is 1. The van der Waals surface area contributed by atoms with Crippen molar-refractivity contribution >= 4 is 35.8 Å². The van der Waals surface area contributed by atoms with Gasteiger partial charge in [0.1, 0.15) is 18.7 Å². The van der Waals surface area contributed by atoms with Crippen LogP contribution in [0.15, 0.2) is 65.7 Å². The third-order valence-electron chi connectivity index (χ3n) is 6.86. The third kappa shape index (κ3) is 20.5. The van der Waals surface area contributed by atoms with Crippen LogP contribution in [0.5, 0.6) is 0 Å². The van der Waals surface area contributed by atoms with E-state index in [0.29, 0.717) is 25.8 Å². The number of carboxylic acids is 1. The summed E-state index contributed by atoms with van der Waals surface area (Å²) in [5.41, 5.74) is 14.7. The number of carboxylic acid groups (broad SMARTS) is 1. The van der Waals surface area contributed by atoms with Crippen LogP contribution in [0.1, 0.15) is 43.2 Å². The number of hydrogen-bond acceptors (Lipinski definition) is 11. The Bertz CT molecular complexity index is 1500. The first-order valence-electron chi connectivity index (χ1n) is 16.0. The Balaban J connectivity index is 0.00000181. The van der Waals surface area contributed by atoms with Gasteiger partial charge in [-0.3, -0.25) is 9.59 Å². The number of nitro groups is 1. The lowest BCUT2D eigenvalue weighted by Gasteiger charge is -2.24. The normalized spacial score (nSPS) is 12.7. The van der Waals surface area contributed by atoms with Crippen LogP contribution >= 0.6 is 0 Å². The first-order valence-corrected chi connectivity index (χ1v) is 16.0. The molecule has 0 aliphatic rings. The van der Waals surface area contributed by atoms with Crippen molar-refractivity contribution in [3.05, 3.63) is 81.9 Å². The average molecular weight is 757 g/mol. The Morgan fingerprint density at radius 3 is 2.02 bits per heavy atom. The van der Waals surface area contributed by atoms with Crippen LogP contribution in [-0.4, -0.2) is 90.4 Å². The second kappa shape index (κ2) is 24.2. The summed E-state index contributed by atoms with van der Waals surface area (Å²) in [7, 11) is 1.21. The molecule has 0 aliphatic heterocycles. The van der Waals surface area contributed by atoms with Gasteiger partial charge in [0.2, 0.25) is 11.8 Å². The van der Waals surface area contributed by atoms with Crippen LogP contribution in [0.4, 0.5) is 18.0 Å². The van der Waals surface area contributed by atoms with Crippen molar-refractivity contribution in [3.63, 3.8) is 0 Å². The number of amides is 3. The van der Waals surface area contributed by atoms with Crippen LogP contribution in [0, 0.1) is 10.1 Å². The van der Waals surface area contributed by atoms with Gasteiger partial charge >= 0.3 is 24.2 Å². The lowest BCUT2D eigenvalue weighted by atomic mass is 10.0. The zero-order valence-electron chi connectivity index (χ0n) is 28.7. The second-order valence-electron chi connectivity index (χ2n) is 11.0. The first-order chi connectivity index (χ1) is 25.0. The van der Waals surface area contributed by atoms with Crippen LogP contribution in [0.3, 0.4) is 0 Å². The number of nitrogens with one attached hydrogen (secondary N) is 4. The molecule has 0 bridgehead atoms.